The largest absolute Gasteiger partial charge is 0.548 e. The minimum absolute atomic E-state index is 1.25. The number of rotatable bonds is 4. The molecule has 0 saturated heterocycles. The second-order valence-corrected chi connectivity index (χ2v) is 8.93. The summed E-state index contributed by atoms with van der Waals surface area (Å²) in [6, 6.07) is 31.6. The van der Waals surface area contributed by atoms with E-state index in [1.54, 1.807) is 0 Å². The van der Waals surface area contributed by atoms with Crippen molar-refractivity contribution < 1.29 is 3.48 Å². The molecule has 0 fully saturated rings. The second-order valence-electron chi connectivity index (χ2n) is 4.90. The van der Waals surface area contributed by atoms with Crippen molar-refractivity contribution in [3.8, 4) is 0 Å². The third kappa shape index (κ3) is 2.62. The lowest BCUT2D eigenvalue weighted by molar-refractivity contribution is 0.643. The van der Waals surface area contributed by atoms with Crippen LogP contribution in [0.15, 0.2) is 91.0 Å². The van der Waals surface area contributed by atoms with Gasteiger partial charge in [0.2, 0.25) is 0 Å². The lowest BCUT2D eigenvalue weighted by Gasteiger charge is -2.33. The number of hydrogen-bond acceptors (Lipinski definition) is 1. The van der Waals surface area contributed by atoms with Gasteiger partial charge in [0.25, 0.3) is 8.32 Å². The molecular formula is C18H15AlOSi. The molecule has 0 aromatic heterocycles. The van der Waals surface area contributed by atoms with Gasteiger partial charge in [-0.05, 0) is 15.6 Å². The maximum atomic E-state index is 6.15. The van der Waals surface area contributed by atoms with Crippen molar-refractivity contribution in [2.24, 2.45) is 0 Å². The highest BCUT2D eigenvalue weighted by molar-refractivity contribution is 7.08. The molecule has 3 aromatic carbocycles. The highest BCUT2D eigenvalue weighted by Gasteiger charge is 2.38. The van der Waals surface area contributed by atoms with Crippen LogP contribution in [0.1, 0.15) is 0 Å². The molecule has 0 amide bonds. The zero-order chi connectivity index (χ0) is 14.5. The van der Waals surface area contributed by atoms with Crippen LogP contribution in [0.25, 0.3) is 0 Å². The van der Waals surface area contributed by atoms with Gasteiger partial charge in [-0.1, -0.05) is 91.0 Å². The molecule has 3 rings (SSSR count). The van der Waals surface area contributed by atoms with Gasteiger partial charge >= 0.3 is 16.6 Å². The van der Waals surface area contributed by atoms with Crippen LogP contribution in [0.2, 0.25) is 0 Å². The van der Waals surface area contributed by atoms with E-state index in [0.29, 0.717) is 0 Å². The Morgan fingerprint density at radius 2 is 0.810 bits per heavy atom. The Bertz CT molecular complexity index is 590. The Balaban J connectivity index is 2.29. The van der Waals surface area contributed by atoms with Crippen LogP contribution >= 0.6 is 0 Å². The monoisotopic (exact) mass is 302 g/mol. The van der Waals surface area contributed by atoms with Gasteiger partial charge in [0.1, 0.15) is 0 Å². The minimum atomic E-state index is -2.43. The molecule has 1 nitrogen and oxygen atoms in total. The maximum Gasteiger partial charge on any atom is 0.355 e. The Morgan fingerprint density at radius 3 is 1.05 bits per heavy atom. The van der Waals surface area contributed by atoms with Crippen molar-refractivity contribution >= 4 is 40.5 Å². The van der Waals surface area contributed by atoms with E-state index >= 15 is 0 Å². The topological polar surface area (TPSA) is 9.23 Å². The summed E-state index contributed by atoms with van der Waals surface area (Å²) in [5, 5.41) is 3.74. The molecule has 0 aliphatic rings. The van der Waals surface area contributed by atoms with E-state index in [1.807, 2.05) is 18.2 Å². The highest BCUT2D eigenvalue weighted by atomic mass is 28.4. The van der Waals surface area contributed by atoms with E-state index in [2.05, 4.69) is 89.4 Å². The fourth-order valence-electron chi connectivity index (χ4n) is 2.72. The minimum Gasteiger partial charge on any atom is -0.548 e. The summed E-state index contributed by atoms with van der Waals surface area (Å²) in [7, 11) is -2.43. The van der Waals surface area contributed by atoms with E-state index in [9.17, 15) is 0 Å². The van der Waals surface area contributed by atoms with Crippen LogP contribution in [-0.2, 0) is 3.48 Å². The van der Waals surface area contributed by atoms with Crippen LogP contribution in [0, 0.1) is 0 Å². The van der Waals surface area contributed by atoms with Gasteiger partial charge in [0.15, 0.2) is 0 Å². The Morgan fingerprint density at radius 1 is 0.524 bits per heavy atom. The van der Waals surface area contributed by atoms with E-state index in [0.717, 1.165) is 0 Å². The quantitative estimate of drug-likeness (QED) is 0.527. The molecule has 0 atom stereocenters. The summed E-state index contributed by atoms with van der Waals surface area (Å²) in [6.07, 6.45) is 0. The predicted octanol–water partition coefficient (Wildman–Crippen LogP) is 1.75. The molecule has 0 spiro atoms. The van der Waals surface area contributed by atoms with Crippen LogP contribution < -0.4 is 15.6 Å². The van der Waals surface area contributed by atoms with Crippen molar-refractivity contribution in [1.82, 2.24) is 0 Å². The Kier molecular flexibility index (Phi) is 4.38. The summed E-state index contributed by atoms with van der Waals surface area (Å²) in [6.45, 7) is 0. The van der Waals surface area contributed by atoms with Crippen LogP contribution in [0.3, 0.4) is 0 Å². The second kappa shape index (κ2) is 6.42. The SMILES string of the molecule is [Al][O][Si](c1ccccc1)(c1ccccc1)c1ccccc1. The van der Waals surface area contributed by atoms with Gasteiger partial charge < -0.3 is 3.48 Å². The first-order chi connectivity index (χ1) is 10.4. The molecule has 0 saturated carbocycles. The first-order valence-corrected chi connectivity index (χ1v) is 9.30. The van der Waals surface area contributed by atoms with Crippen molar-refractivity contribution in [3.63, 3.8) is 0 Å². The summed E-state index contributed by atoms with van der Waals surface area (Å²) in [5.41, 5.74) is 0. The van der Waals surface area contributed by atoms with Gasteiger partial charge in [-0.15, -0.1) is 0 Å². The molecule has 0 bridgehead atoms. The molecule has 0 unspecified atom stereocenters. The van der Waals surface area contributed by atoms with Crippen molar-refractivity contribution in [2.75, 3.05) is 0 Å². The average Bonchev–Trinajstić information content (AvgIpc) is 2.59. The molecule has 3 heteroatoms. The van der Waals surface area contributed by atoms with E-state index < -0.39 is 8.32 Å². The van der Waals surface area contributed by atoms with Gasteiger partial charge in [-0.25, -0.2) is 0 Å². The molecular weight excluding hydrogens is 287 g/mol. The molecule has 100 valence electrons. The zero-order valence-electron chi connectivity index (χ0n) is 11.6. The first kappa shape index (κ1) is 14.3. The molecule has 0 aliphatic heterocycles. The fourth-order valence-corrected chi connectivity index (χ4v) is 7.34. The average molecular weight is 302 g/mol. The Labute approximate surface area is 135 Å². The van der Waals surface area contributed by atoms with Crippen LogP contribution in [-0.4, -0.2) is 24.9 Å². The van der Waals surface area contributed by atoms with Crippen LogP contribution in [0.4, 0.5) is 0 Å². The molecule has 2 radical (unpaired) electrons. The fraction of sp³-hybridized carbons (Fsp3) is 0. The lowest BCUT2D eigenvalue weighted by atomic mass is 10.3. The van der Waals surface area contributed by atoms with Crippen molar-refractivity contribution in [2.45, 2.75) is 0 Å². The predicted molar refractivity (Wildman–Crippen MR) is 90.8 cm³/mol. The van der Waals surface area contributed by atoms with Crippen molar-refractivity contribution in [1.29, 1.82) is 0 Å². The number of benzene rings is 3. The van der Waals surface area contributed by atoms with Crippen molar-refractivity contribution in [3.05, 3.63) is 91.0 Å². The molecule has 21 heavy (non-hydrogen) atoms. The third-order valence-electron chi connectivity index (χ3n) is 3.72. The molecule has 0 N–H and O–H groups in total. The van der Waals surface area contributed by atoms with E-state index in [4.69, 9.17) is 3.48 Å². The molecule has 3 aromatic rings. The van der Waals surface area contributed by atoms with Crippen LogP contribution in [0.5, 0.6) is 0 Å². The van der Waals surface area contributed by atoms with Gasteiger partial charge in [-0.3, -0.25) is 0 Å². The maximum absolute atomic E-state index is 6.15. The summed E-state index contributed by atoms with van der Waals surface area (Å²) >= 11 is 2.50. The smallest absolute Gasteiger partial charge is 0.355 e. The molecule has 0 aliphatic carbocycles. The summed E-state index contributed by atoms with van der Waals surface area (Å²) < 4.78 is 6.15. The van der Waals surface area contributed by atoms with Gasteiger partial charge in [0, 0.05) is 0 Å². The summed E-state index contributed by atoms with van der Waals surface area (Å²) in [5.74, 6) is 0. The lowest BCUT2D eigenvalue weighted by Crippen LogP contribution is -2.69. The highest BCUT2D eigenvalue weighted by Crippen LogP contribution is 2.07. The standard InChI is InChI=1S/C18H15OSi.Al/c19-20(16-10-4-1-5-11-16,17-12-6-2-7-13-17)18-14-8-3-9-15-18;/h1-15H;/q-1;+1. The zero-order valence-corrected chi connectivity index (χ0v) is 13.8. The van der Waals surface area contributed by atoms with E-state index in [1.165, 1.54) is 15.6 Å². The first-order valence-electron chi connectivity index (χ1n) is 6.92. The van der Waals surface area contributed by atoms with Gasteiger partial charge in [0.05, 0.1) is 0 Å². The van der Waals surface area contributed by atoms with Gasteiger partial charge in [-0.2, -0.15) is 0 Å². The Hall–Kier alpha value is -1.63. The molecule has 0 heterocycles. The van der Waals surface area contributed by atoms with E-state index in [-0.39, 0.29) is 0 Å². The number of hydrogen-bond donors (Lipinski definition) is 0. The normalized spacial score (nSPS) is 11.2. The summed E-state index contributed by atoms with van der Waals surface area (Å²) in [4.78, 5) is 0. The third-order valence-corrected chi connectivity index (χ3v) is 8.57.